The number of piperidine rings is 1. The van der Waals surface area contributed by atoms with Crippen LogP contribution in [-0.2, 0) is 11.3 Å². The summed E-state index contributed by atoms with van der Waals surface area (Å²) in [6, 6.07) is 11.3. The van der Waals surface area contributed by atoms with E-state index in [2.05, 4.69) is 20.4 Å². The fourth-order valence-corrected chi connectivity index (χ4v) is 4.22. The van der Waals surface area contributed by atoms with Crippen LogP contribution >= 0.6 is 11.6 Å². The predicted octanol–water partition coefficient (Wildman–Crippen LogP) is 4.57. The summed E-state index contributed by atoms with van der Waals surface area (Å²) in [5, 5.41) is 7.52. The smallest absolute Gasteiger partial charge is 0.241 e. The van der Waals surface area contributed by atoms with E-state index >= 15 is 0 Å². The van der Waals surface area contributed by atoms with Crippen LogP contribution < -0.4 is 14.8 Å². The van der Waals surface area contributed by atoms with Gasteiger partial charge in [-0.3, -0.25) is 9.69 Å². The van der Waals surface area contributed by atoms with E-state index in [1.807, 2.05) is 31.2 Å². The maximum Gasteiger partial charge on any atom is 0.241 e. The van der Waals surface area contributed by atoms with Gasteiger partial charge in [-0.05, 0) is 38.4 Å². The van der Waals surface area contributed by atoms with Crippen molar-refractivity contribution in [3.8, 4) is 22.9 Å². The molecule has 33 heavy (non-hydrogen) atoms. The molecule has 9 heteroatoms. The van der Waals surface area contributed by atoms with E-state index in [9.17, 15) is 4.79 Å². The first kappa shape index (κ1) is 23.1. The Labute approximate surface area is 197 Å². The minimum absolute atomic E-state index is 0.0445. The summed E-state index contributed by atoms with van der Waals surface area (Å²) in [4.78, 5) is 19.7. The van der Waals surface area contributed by atoms with Gasteiger partial charge in [0.2, 0.25) is 17.6 Å². The third kappa shape index (κ3) is 5.29. The highest BCUT2D eigenvalue weighted by Crippen LogP contribution is 2.36. The van der Waals surface area contributed by atoms with Crippen molar-refractivity contribution in [1.82, 2.24) is 15.0 Å². The van der Waals surface area contributed by atoms with Crippen LogP contribution in [0.5, 0.6) is 11.5 Å². The minimum atomic E-state index is -0.0992. The molecule has 4 rings (SSSR count). The van der Waals surface area contributed by atoms with Crippen LogP contribution in [0.25, 0.3) is 11.4 Å². The first-order valence-electron chi connectivity index (χ1n) is 10.8. The quantitative estimate of drug-likeness (QED) is 0.541. The Bertz CT molecular complexity index is 1130. The zero-order valence-electron chi connectivity index (χ0n) is 18.9. The van der Waals surface area contributed by atoms with Gasteiger partial charge in [-0.1, -0.05) is 41.0 Å². The summed E-state index contributed by atoms with van der Waals surface area (Å²) in [6.07, 6.45) is 1.47. The Hall–Kier alpha value is -3.10. The van der Waals surface area contributed by atoms with Gasteiger partial charge in [0, 0.05) is 23.6 Å². The van der Waals surface area contributed by atoms with Gasteiger partial charge in [0.1, 0.15) is 11.5 Å². The van der Waals surface area contributed by atoms with Crippen LogP contribution in [0.2, 0.25) is 5.02 Å². The number of nitrogens with one attached hydrogen (secondary N) is 1. The molecule has 1 saturated heterocycles. The molecular formula is C24H27ClN4O4. The number of ether oxygens (including phenoxy) is 2. The van der Waals surface area contributed by atoms with Gasteiger partial charge in [0.15, 0.2) is 0 Å². The van der Waals surface area contributed by atoms with E-state index in [1.165, 1.54) is 14.2 Å². The zero-order valence-corrected chi connectivity index (χ0v) is 19.7. The first-order valence-corrected chi connectivity index (χ1v) is 11.2. The van der Waals surface area contributed by atoms with E-state index in [1.54, 1.807) is 12.1 Å². The molecule has 8 nitrogen and oxygen atoms in total. The number of rotatable bonds is 7. The Morgan fingerprint density at radius 3 is 2.61 bits per heavy atom. The Morgan fingerprint density at radius 1 is 1.18 bits per heavy atom. The summed E-state index contributed by atoms with van der Waals surface area (Å²) in [5.41, 5.74) is 2.62. The lowest BCUT2D eigenvalue weighted by atomic mass is 9.95. The fourth-order valence-electron chi connectivity index (χ4n) is 3.99. The number of anilines is 1. The topological polar surface area (TPSA) is 89.7 Å². The van der Waals surface area contributed by atoms with Crippen molar-refractivity contribution < 1.29 is 18.8 Å². The average Bonchev–Trinajstić information content (AvgIpc) is 3.28. The molecule has 1 aromatic heterocycles. The van der Waals surface area contributed by atoms with Crippen molar-refractivity contribution in [2.75, 3.05) is 32.6 Å². The highest BCUT2D eigenvalue weighted by Gasteiger charge is 2.27. The van der Waals surface area contributed by atoms with Crippen LogP contribution in [0.4, 0.5) is 5.69 Å². The standard InChI is InChI=1S/C24H27ClN4O4/c1-15-6-4-5-7-17(15)23-27-22(33-28-23)14-29-10-8-16(9-11-29)24(30)26-19-13-20(31-2)18(25)12-21(19)32-3/h4-7,12-13,16H,8-11,14H2,1-3H3,(H,26,30). The molecule has 1 aliphatic heterocycles. The minimum Gasteiger partial charge on any atom is -0.495 e. The highest BCUT2D eigenvalue weighted by atomic mass is 35.5. The van der Waals surface area contributed by atoms with E-state index in [0.29, 0.717) is 40.5 Å². The summed E-state index contributed by atoms with van der Waals surface area (Å²) < 4.78 is 16.1. The molecule has 0 aliphatic carbocycles. The summed E-state index contributed by atoms with van der Waals surface area (Å²) in [6.45, 7) is 4.12. The van der Waals surface area contributed by atoms with Crippen molar-refractivity contribution in [3.05, 3.63) is 52.9 Å². The largest absolute Gasteiger partial charge is 0.495 e. The van der Waals surface area contributed by atoms with E-state index in [0.717, 1.165) is 37.1 Å². The molecule has 1 N–H and O–H groups in total. The molecule has 0 spiro atoms. The number of hydrogen-bond donors (Lipinski definition) is 1. The molecule has 1 aliphatic rings. The SMILES string of the molecule is COc1cc(NC(=O)C2CCN(Cc3nc(-c4ccccc4C)no3)CC2)c(OC)cc1Cl. The molecule has 0 saturated carbocycles. The van der Waals surface area contributed by atoms with Crippen LogP contribution in [0.3, 0.4) is 0 Å². The molecule has 174 valence electrons. The van der Waals surface area contributed by atoms with Crippen molar-refractivity contribution in [2.24, 2.45) is 5.92 Å². The van der Waals surface area contributed by atoms with E-state index in [-0.39, 0.29) is 11.8 Å². The number of methoxy groups -OCH3 is 2. The maximum atomic E-state index is 12.9. The number of benzene rings is 2. The molecule has 2 aromatic carbocycles. The molecule has 0 atom stereocenters. The third-order valence-corrected chi connectivity index (χ3v) is 6.20. The van der Waals surface area contributed by atoms with Crippen LogP contribution in [-0.4, -0.2) is 48.3 Å². The summed E-state index contributed by atoms with van der Waals surface area (Å²) in [7, 11) is 3.07. The normalized spacial score (nSPS) is 14.8. The molecule has 1 fully saturated rings. The van der Waals surface area contributed by atoms with Gasteiger partial charge in [-0.15, -0.1) is 0 Å². The fraction of sp³-hybridized carbons (Fsp3) is 0.375. The number of amides is 1. The summed E-state index contributed by atoms with van der Waals surface area (Å²) >= 11 is 6.15. The van der Waals surface area contributed by atoms with Crippen molar-refractivity contribution in [2.45, 2.75) is 26.3 Å². The average molecular weight is 471 g/mol. The van der Waals surface area contributed by atoms with Crippen LogP contribution in [0, 0.1) is 12.8 Å². The van der Waals surface area contributed by atoms with Gasteiger partial charge >= 0.3 is 0 Å². The number of carbonyl (C=O) groups excluding carboxylic acids is 1. The molecular weight excluding hydrogens is 444 g/mol. The predicted molar refractivity (Wildman–Crippen MR) is 126 cm³/mol. The highest BCUT2D eigenvalue weighted by molar-refractivity contribution is 6.32. The number of likely N-dealkylation sites (tertiary alicyclic amines) is 1. The second kappa shape index (κ2) is 10.2. The van der Waals surface area contributed by atoms with Gasteiger partial charge in [-0.2, -0.15) is 4.98 Å². The second-order valence-electron chi connectivity index (χ2n) is 8.05. The number of aromatic nitrogens is 2. The van der Waals surface area contributed by atoms with Crippen LogP contribution in [0.1, 0.15) is 24.3 Å². The number of aryl methyl sites for hydroxylation is 1. The zero-order chi connectivity index (χ0) is 23.4. The number of nitrogens with zero attached hydrogens (tertiary/aromatic N) is 3. The maximum absolute atomic E-state index is 12.9. The Balaban J connectivity index is 1.33. The van der Waals surface area contributed by atoms with Crippen molar-refractivity contribution in [3.63, 3.8) is 0 Å². The first-order chi connectivity index (χ1) is 16.0. The number of halogens is 1. The molecule has 1 amide bonds. The lowest BCUT2D eigenvalue weighted by Crippen LogP contribution is -2.37. The van der Waals surface area contributed by atoms with E-state index in [4.69, 9.17) is 25.6 Å². The van der Waals surface area contributed by atoms with Crippen LogP contribution in [0.15, 0.2) is 40.9 Å². The van der Waals surface area contributed by atoms with E-state index < -0.39 is 0 Å². The second-order valence-corrected chi connectivity index (χ2v) is 8.46. The third-order valence-electron chi connectivity index (χ3n) is 5.90. The van der Waals surface area contributed by atoms with Gasteiger partial charge in [0.25, 0.3) is 0 Å². The molecule has 0 unspecified atom stereocenters. The number of carbonyl (C=O) groups is 1. The lowest BCUT2D eigenvalue weighted by molar-refractivity contribution is -0.121. The van der Waals surface area contributed by atoms with Crippen molar-refractivity contribution >= 4 is 23.2 Å². The van der Waals surface area contributed by atoms with Crippen molar-refractivity contribution in [1.29, 1.82) is 0 Å². The molecule has 3 aromatic rings. The monoisotopic (exact) mass is 470 g/mol. The number of hydrogen-bond acceptors (Lipinski definition) is 7. The van der Waals surface area contributed by atoms with Gasteiger partial charge in [-0.25, -0.2) is 0 Å². The Kier molecular flexibility index (Phi) is 7.15. The molecule has 0 radical (unpaired) electrons. The summed E-state index contributed by atoms with van der Waals surface area (Å²) in [5.74, 6) is 2.01. The van der Waals surface area contributed by atoms with Gasteiger partial charge in [0.05, 0.1) is 31.5 Å². The Morgan fingerprint density at radius 2 is 1.91 bits per heavy atom. The molecule has 2 heterocycles. The van der Waals surface area contributed by atoms with Gasteiger partial charge < -0.3 is 19.3 Å². The molecule has 0 bridgehead atoms. The lowest BCUT2D eigenvalue weighted by Gasteiger charge is -2.30.